The van der Waals surface area contributed by atoms with Crippen molar-refractivity contribution in [3.8, 4) is 0 Å². The molecule has 1 unspecified atom stereocenters. The second kappa shape index (κ2) is 8.00. The summed E-state index contributed by atoms with van der Waals surface area (Å²) in [4.78, 5) is 49.1. The normalized spacial score (nSPS) is 46.8. The number of alkyl halides is 2. The number of esters is 2. The molecule has 5 rings (SSSR count). The van der Waals surface area contributed by atoms with Gasteiger partial charge in [0.1, 0.15) is 5.60 Å². The molecule has 8 nitrogen and oxygen atoms in total. The third kappa shape index (κ3) is 2.90. The maximum atomic E-state index is 12.9. The fraction of sp³-hybridized carbons (Fsp3) is 0.615. The molecule has 0 bridgehead atoms. The van der Waals surface area contributed by atoms with Gasteiger partial charge in [0.25, 0.3) is 0 Å². The second-order valence-corrected chi connectivity index (χ2v) is 12.0. The minimum absolute atomic E-state index is 0.0196. The predicted molar refractivity (Wildman–Crippen MR) is 128 cm³/mol. The van der Waals surface area contributed by atoms with Crippen molar-refractivity contribution in [3.63, 3.8) is 0 Å². The summed E-state index contributed by atoms with van der Waals surface area (Å²) in [6.45, 7) is 5.29. The van der Waals surface area contributed by atoms with Gasteiger partial charge in [0, 0.05) is 17.6 Å². The highest BCUT2D eigenvalue weighted by molar-refractivity contribution is 6.29. The monoisotopic (exact) mass is 538 g/mol. The lowest BCUT2D eigenvalue weighted by atomic mass is 9.45. The van der Waals surface area contributed by atoms with Crippen molar-refractivity contribution in [2.24, 2.45) is 28.6 Å². The van der Waals surface area contributed by atoms with Crippen LogP contribution in [0.2, 0.25) is 0 Å². The predicted octanol–water partition coefficient (Wildman–Crippen LogP) is 2.72. The average molecular weight is 539 g/mol. The number of hydrogen-bond donors (Lipinski definition) is 2. The largest absolute Gasteiger partial charge is 0.423 e. The molecule has 0 spiro atoms. The molecule has 0 radical (unpaired) electrons. The Morgan fingerprint density at radius 3 is 2.42 bits per heavy atom. The standard InChI is InChI=1S/C26H28Cl2O8/c1-12-8-15-14-5-4-13-9-16(29)21-22(36-20(33)7-6-19(32)35-21)24(13,3)25(14,28)17(30)10-23(15,2)26(12,34)18(31)11-27/h6-7,9,12,14-15,17,30,34H,4-5,8,10-11H2,1-3H3/b7-6+/t12-,14?,15+,17+,23+,24+,25+,26+/m1/s1. The first-order valence-electron chi connectivity index (χ1n) is 12.1. The number of hydrogen-bond acceptors (Lipinski definition) is 8. The Hall–Kier alpha value is -2.00. The van der Waals surface area contributed by atoms with E-state index in [4.69, 9.17) is 32.7 Å². The minimum Gasteiger partial charge on any atom is -0.423 e. The van der Waals surface area contributed by atoms with E-state index in [-0.39, 0.29) is 24.0 Å². The van der Waals surface area contributed by atoms with Crippen LogP contribution in [-0.4, -0.2) is 56.2 Å². The number of carbonyl (C=O) groups is 4. The van der Waals surface area contributed by atoms with E-state index in [1.54, 1.807) is 20.8 Å². The quantitative estimate of drug-likeness (QED) is 0.405. The summed E-state index contributed by atoms with van der Waals surface area (Å²) < 4.78 is 10.9. The third-order valence-electron chi connectivity index (χ3n) is 9.77. The average Bonchev–Trinajstić information content (AvgIpc) is 3.01. The molecule has 0 saturated heterocycles. The highest BCUT2D eigenvalue weighted by Gasteiger charge is 2.76. The number of allylic oxidation sites excluding steroid dienone is 2. The van der Waals surface area contributed by atoms with Gasteiger partial charge in [0.2, 0.25) is 11.5 Å². The number of rotatable bonds is 2. The topological polar surface area (TPSA) is 127 Å². The lowest BCUT2D eigenvalue weighted by molar-refractivity contribution is -0.178. The summed E-state index contributed by atoms with van der Waals surface area (Å²) in [5.41, 5.74) is -3.57. The zero-order valence-corrected chi connectivity index (χ0v) is 21.7. The summed E-state index contributed by atoms with van der Waals surface area (Å²) in [7, 11) is 0. The van der Waals surface area contributed by atoms with E-state index in [0.717, 1.165) is 12.2 Å². The molecule has 0 aromatic carbocycles. The first-order valence-corrected chi connectivity index (χ1v) is 13.0. The maximum absolute atomic E-state index is 12.9. The van der Waals surface area contributed by atoms with Crippen LogP contribution < -0.4 is 0 Å². The molecule has 194 valence electrons. The lowest BCUT2D eigenvalue weighted by Crippen LogP contribution is -2.70. The molecule has 2 N–H and O–H groups in total. The van der Waals surface area contributed by atoms with Crippen LogP contribution in [0.15, 0.2) is 35.3 Å². The van der Waals surface area contributed by atoms with Crippen molar-refractivity contribution < 1.29 is 38.9 Å². The second-order valence-electron chi connectivity index (χ2n) is 11.1. The van der Waals surface area contributed by atoms with Crippen molar-refractivity contribution in [1.29, 1.82) is 0 Å². The lowest BCUT2D eigenvalue weighted by Gasteiger charge is -2.64. The van der Waals surface area contributed by atoms with Gasteiger partial charge in [-0.25, -0.2) is 9.59 Å². The number of carbonyl (C=O) groups excluding carboxylic acids is 4. The van der Waals surface area contributed by atoms with Gasteiger partial charge in [-0.1, -0.05) is 19.4 Å². The van der Waals surface area contributed by atoms with E-state index < -0.39 is 68.5 Å². The first-order chi connectivity index (χ1) is 16.8. The van der Waals surface area contributed by atoms with Gasteiger partial charge in [0.05, 0.1) is 22.3 Å². The molecule has 0 aromatic heterocycles. The van der Waals surface area contributed by atoms with Gasteiger partial charge in [-0.3, -0.25) is 9.59 Å². The van der Waals surface area contributed by atoms with Gasteiger partial charge in [-0.15, -0.1) is 23.2 Å². The fourth-order valence-corrected chi connectivity index (χ4v) is 8.78. The van der Waals surface area contributed by atoms with Crippen LogP contribution in [0.4, 0.5) is 0 Å². The minimum atomic E-state index is -1.74. The van der Waals surface area contributed by atoms with E-state index in [2.05, 4.69) is 0 Å². The van der Waals surface area contributed by atoms with Crippen LogP contribution in [0.1, 0.15) is 46.5 Å². The number of Topliss-reactive ketones (excluding diaryl/α,β-unsaturated/α-hetero) is 1. The summed E-state index contributed by atoms with van der Waals surface area (Å²) in [5.74, 6) is -5.02. The van der Waals surface area contributed by atoms with Gasteiger partial charge in [-0.05, 0) is 56.4 Å². The molecule has 0 amide bonds. The van der Waals surface area contributed by atoms with Gasteiger partial charge < -0.3 is 19.7 Å². The highest BCUT2D eigenvalue weighted by Crippen LogP contribution is 2.72. The Morgan fingerprint density at radius 1 is 1.14 bits per heavy atom. The van der Waals surface area contributed by atoms with E-state index in [0.29, 0.717) is 24.8 Å². The molecule has 36 heavy (non-hydrogen) atoms. The van der Waals surface area contributed by atoms with Crippen molar-refractivity contribution in [3.05, 3.63) is 35.3 Å². The van der Waals surface area contributed by atoms with Crippen LogP contribution in [0.3, 0.4) is 0 Å². The highest BCUT2D eigenvalue weighted by atomic mass is 35.5. The zero-order chi connectivity index (χ0) is 26.4. The Kier molecular flexibility index (Phi) is 5.70. The Labute approximate surface area is 218 Å². The van der Waals surface area contributed by atoms with E-state index in [1.807, 2.05) is 0 Å². The Bertz CT molecular complexity index is 1190. The molecule has 4 aliphatic carbocycles. The molecule has 3 fully saturated rings. The van der Waals surface area contributed by atoms with Crippen molar-refractivity contribution in [1.82, 2.24) is 0 Å². The fourth-order valence-electron chi connectivity index (χ4n) is 8.03. The molecule has 1 aliphatic heterocycles. The number of aliphatic hydroxyl groups is 2. The molecular weight excluding hydrogens is 511 g/mol. The molecule has 0 aromatic rings. The summed E-state index contributed by atoms with van der Waals surface area (Å²) in [5, 5.41) is 23.5. The van der Waals surface area contributed by atoms with Gasteiger partial charge >= 0.3 is 11.9 Å². The van der Waals surface area contributed by atoms with Crippen molar-refractivity contribution in [2.45, 2.75) is 63.0 Å². The molecule has 5 aliphatic rings. The summed E-state index contributed by atoms with van der Waals surface area (Å²) >= 11 is 13.4. The van der Waals surface area contributed by atoms with E-state index >= 15 is 0 Å². The van der Waals surface area contributed by atoms with E-state index in [1.165, 1.54) is 6.08 Å². The van der Waals surface area contributed by atoms with Gasteiger partial charge in [0.15, 0.2) is 11.5 Å². The summed E-state index contributed by atoms with van der Waals surface area (Å²) in [6, 6.07) is 0. The molecule has 3 saturated carbocycles. The SMILES string of the molecule is C[C@@H]1C[C@H]2C3CCC4=CC(=O)C5=C(OC(=O)/C=C/C(=O)O5)[C@@]4(C)[C@@]3(Cl)[C@@H](O)C[C@]2(C)[C@@]1(O)C(=O)CCl. The van der Waals surface area contributed by atoms with Crippen molar-refractivity contribution in [2.75, 3.05) is 5.88 Å². The number of ketones is 2. The Morgan fingerprint density at radius 2 is 1.78 bits per heavy atom. The van der Waals surface area contributed by atoms with Crippen LogP contribution in [0.25, 0.3) is 0 Å². The van der Waals surface area contributed by atoms with Crippen LogP contribution >= 0.6 is 23.2 Å². The van der Waals surface area contributed by atoms with Gasteiger partial charge in [-0.2, -0.15) is 0 Å². The van der Waals surface area contributed by atoms with Crippen molar-refractivity contribution >= 4 is 46.7 Å². The van der Waals surface area contributed by atoms with Crippen LogP contribution in [0, 0.1) is 28.6 Å². The number of fused-ring (bicyclic) bond motifs is 6. The number of ether oxygens (including phenoxy) is 2. The smallest absolute Gasteiger partial charge is 0.336 e. The third-order valence-corrected chi connectivity index (χ3v) is 10.9. The number of halogens is 2. The maximum Gasteiger partial charge on any atom is 0.336 e. The zero-order valence-electron chi connectivity index (χ0n) is 20.2. The molecule has 1 heterocycles. The molecule has 8 atom stereocenters. The molecule has 10 heteroatoms. The summed E-state index contributed by atoms with van der Waals surface area (Å²) in [6.07, 6.45) is 3.17. The Balaban J connectivity index is 1.69. The van der Waals surface area contributed by atoms with E-state index in [9.17, 15) is 29.4 Å². The van der Waals surface area contributed by atoms with Crippen LogP contribution in [0.5, 0.6) is 0 Å². The molecular formula is C26H28Cl2O8. The number of aliphatic hydroxyl groups excluding tert-OH is 1. The van der Waals surface area contributed by atoms with Crippen LogP contribution in [-0.2, 0) is 28.7 Å². The first kappa shape index (κ1) is 25.6.